The molecule has 2 aromatic rings. The first-order chi connectivity index (χ1) is 11.3. The molecular weight excluding hydrogens is 282 g/mol. The average Bonchev–Trinajstić information content (AvgIpc) is 2.80. The summed E-state index contributed by atoms with van der Waals surface area (Å²) in [5.41, 5.74) is 6.35. The van der Waals surface area contributed by atoms with Crippen molar-refractivity contribution >= 4 is 17.6 Å². The van der Waals surface area contributed by atoms with E-state index < -0.39 is 0 Å². The molecule has 0 bridgehead atoms. The Morgan fingerprint density at radius 1 is 1.17 bits per heavy atom. The number of nitrogens with zero attached hydrogens (tertiary/aromatic N) is 2. The van der Waals surface area contributed by atoms with Gasteiger partial charge in [0.15, 0.2) is 0 Å². The Kier molecular flexibility index (Phi) is 3.88. The number of fused-ring (bicyclic) bond motifs is 3. The first kappa shape index (κ1) is 14.5. The standard InChI is InChI=1S/C20H23N3/c1-2-15-4-3-5-16(12-15)17-6-7-19-20(13-17)23-11-10-21-14-18(23)8-9-22-19/h3-7,9,12-13,18,21H,2,8,10-11,14H2,1H3. The third-order valence-corrected chi connectivity index (χ3v) is 4.91. The lowest BCUT2D eigenvalue weighted by atomic mass is 10.00. The summed E-state index contributed by atoms with van der Waals surface area (Å²) in [6.07, 6.45) is 4.17. The number of anilines is 1. The van der Waals surface area contributed by atoms with Gasteiger partial charge in [-0.1, -0.05) is 37.3 Å². The minimum atomic E-state index is 0.519. The van der Waals surface area contributed by atoms with Crippen molar-refractivity contribution in [3.8, 4) is 11.1 Å². The summed E-state index contributed by atoms with van der Waals surface area (Å²) in [6.45, 7) is 5.35. The van der Waals surface area contributed by atoms with Crippen molar-refractivity contribution in [3.63, 3.8) is 0 Å². The molecule has 2 aromatic carbocycles. The number of piperazine rings is 1. The van der Waals surface area contributed by atoms with Crippen LogP contribution in [0.1, 0.15) is 18.9 Å². The molecule has 0 saturated carbocycles. The molecule has 0 radical (unpaired) electrons. The van der Waals surface area contributed by atoms with Crippen molar-refractivity contribution in [2.45, 2.75) is 25.8 Å². The highest BCUT2D eigenvalue weighted by Crippen LogP contribution is 2.37. The van der Waals surface area contributed by atoms with E-state index in [1.165, 1.54) is 22.4 Å². The van der Waals surface area contributed by atoms with Crippen LogP contribution in [0.3, 0.4) is 0 Å². The van der Waals surface area contributed by atoms with Crippen LogP contribution in [0.25, 0.3) is 11.1 Å². The Morgan fingerprint density at radius 2 is 2.09 bits per heavy atom. The van der Waals surface area contributed by atoms with Gasteiger partial charge in [-0.3, -0.25) is 4.99 Å². The lowest BCUT2D eigenvalue weighted by Crippen LogP contribution is -2.51. The highest BCUT2D eigenvalue weighted by atomic mass is 15.2. The van der Waals surface area contributed by atoms with E-state index in [1.807, 2.05) is 0 Å². The molecule has 2 heterocycles. The van der Waals surface area contributed by atoms with Crippen molar-refractivity contribution in [2.75, 3.05) is 24.5 Å². The van der Waals surface area contributed by atoms with Crippen molar-refractivity contribution in [1.82, 2.24) is 5.32 Å². The Balaban J connectivity index is 1.77. The van der Waals surface area contributed by atoms with Crippen LogP contribution < -0.4 is 10.2 Å². The molecule has 4 rings (SSSR count). The third kappa shape index (κ3) is 2.77. The minimum absolute atomic E-state index is 0.519. The van der Waals surface area contributed by atoms with E-state index in [-0.39, 0.29) is 0 Å². The van der Waals surface area contributed by atoms with Crippen LogP contribution in [0.5, 0.6) is 0 Å². The Morgan fingerprint density at radius 3 is 3.00 bits per heavy atom. The normalized spacial score (nSPS) is 19.9. The molecule has 3 heteroatoms. The van der Waals surface area contributed by atoms with E-state index in [0.717, 1.165) is 38.2 Å². The van der Waals surface area contributed by atoms with Gasteiger partial charge >= 0.3 is 0 Å². The maximum Gasteiger partial charge on any atom is 0.0859 e. The number of hydrogen-bond donors (Lipinski definition) is 1. The fourth-order valence-electron chi connectivity index (χ4n) is 3.57. The second kappa shape index (κ2) is 6.17. The van der Waals surface area contributed by atoms with Crippen LogP contribution >= 0.6 is 0 Å². The zero-order chi connectivity index (χ0) is 15.6. The summed E-state index contributed by atoms with van der Waals surface area (Å²) in [6, 6.07) is 16.1. The Bertz CT molecular complexity index is 735. The van der Waals surface area contributed by atoms with Crippen LogP contribution in [-0.2, 0) is 6.42 Å². The van der Waals surface area contributed by atoms with E-state index >= 15 is 0 Å². The Hall–Kier alpha value is -2.13. The largest absolute Gasteiger partial charge is 0.364 e. The quantitative estimate of drug-likeness (QED) is 0.914. The lowest BCUT2D eigenvalue weighted by Gasteiger charge is -2.37. The van der Waals surface area contributed by atoms with Crippen molar-refractivity contribution in [3.05, 3.63) is 48.0 Å². The van der Waals surface area contributed by atoms with Crippen molar-refractivity contribution in [2.24, 2.45) is 4.99 Å². The van der Waals surface area contributed by atoms with Crippen LogP contribution in [0.15, 0.2) is 47.5 Å². The molecule has 0 spiro atoms. The van der Waals surface area contributed by atoms with Gasteiger partial charge in [-0.05, 0) is 35.2 Å². The molecule has 2 aliphatic heterocycles. The predicted octanol–water partition coefficient (Wildman–Crippen LogP) is 3.80. The first-order valence-electron chi connectivity index (χ1n) is 8.58. The maximum absolute atomic E-state index is 4.68. The molecule has 23 heavy (non-hydrogen) atoms. The summed E-state index contributed by atoms with van der Waals surface area (Å²) in [4.78, 5) is 7.22. The summed E-state index contributed by atoms with van der Waals surface area (Å²) < 4.78 is 0. The van der Waals surface area contributed by atoms with E-state index in [0.29, 0.717) is 6.04 Å². The van der Waals surface area contributed by atoms with Crippen molar-refractivity contribution in [1.29, 1.82) is 0 Å². The van der Waals surface area contributed by atoms with Gasteiger partial charge in [-0.25, -0.2) is 0 Å². The first-order valence-corrected chi connectivity index (χ1v) is 8.58. The fraction of sp³-hybridized carbons (Fsp3) is 0.350. The molecule has 1 saturated heterocycles. The summed E-state index contributed by atoms with van der Waals surface area (Å²) in [7, 11) is 0. The molecular formula is C20H23N3. The van der Waals surface area contributed by atoms with Gasteiger partial charge in [0.1, 0.15) is 0 Å². The summed E-state index contributed by atoms with van der Waals surface area (Å²) in [5, 5.41) is 3.50. The number of rotatable bonds is 2. The van der Waals surface area contributed by atoms with Gasteiger partial charge < -0.3 is 10.2 Å². The summed E-state index contributed by atoms with van der Waals surface area (Å²) in [5.74, 6) is 0. The minimum Gasteiger partial charge on any atom is -0.364 e. The summed E-state index contributed by atoms with van der Waals surface area (Å²) >= 11 is 0. The molecule has 1 atom stereocenters. The predicted molar refractivity (Wildman–Crippen MR) is 98.0 cm³/mol. The fourth-order valence-corrected chi connectivity index (χ4v) is 3.57. The highest BCUT2D eigenvalue weighted by Gasteiger charge is 2.25. The van der Waals surface area contributed by atoms with E-state index in [9.17, 15) is 0 Å². The number of hydrogen-bond acceptors (Lipinski definition) is 3. The van der Waals surface area contributed by atoms with Crippen LogP contribution in [0, 0.1) is 0 Å². The maximum atomic E-state index is 4.68. The molecule has 0 aromatic heterocycles. The molecule has 0 aliphatic carbocycles. The molecule has 1 N–H and O–H groups in total. The monoisotopic (exact) mass is 305 g/mol. The molecule has 118 valence electrons. The van der Waals surface area contributed by atoms with Crippen molar-refractivity contribution < 1.29 is 0 Å². The van der Waals surface area contributed by atoms with Crippen LogP contribution in [-0.4, -0.2) is 31.9 Å². The SMILES string of the molecule is CCc1cccc(-c2ccc3c(c2)N2CCNCC2CC=N3)c1. The average molecular weight is 305 g/mol. The zero-order valence-corrected chi connectivity index (χ0v) is 13.6. The number of benzene rings is 2. The van der Waals surface area contributed by atoms with Gasteiger partial charge in [-0.15, -0.1) is 0 Å². The highest BCUT2D eigenvalue weighted by molar-refractivity contribution is 5.81. The van der Waals surface area contributed by atoms with E-state index in [1.54, 1.807) is 0 Å². The number of aryl methyl sites for hydroxylation is 1. The molecule has 1 unspecified atom stereocenters. The lowest BCUT2D eigenvalue weighted by molar-refractivity contribution is 0.489. The Labute approximate surface area is 138 Å². The van der Waals surface area contributed by atoms with Crippen LogP contribution in [0.2, 0.25) is 0 Å². The van der Waals surface area contributed by atoms with Gasteiger partial charge in [0.25, 0.3) is 0 Å². The molecule has 1 fully saturated rings. The van der Waals surface area contributed by atoms with Gasteiger partial charge in [0.05, 0.1) is 11.4 Å². The third-order valence-electron chi connectivity index (χ3n) is 4.91. The second-order valence-corrected chi connectivity index (χ2v) is 6.36. The van der Waals surface area contributed by atoms with E-state index in [4.69, 9.17) is 0 Å². The molecule has 3 nitrogen and oxygen atoms in total. The zero-order valence-electron chi connectivity index (χ0n) is 13.6. The van der Waals surface area contributed by atoms with Gasteiger partial charge in [0.2, 0.25) is 0 Å². The smallest absolute Gasteiger partial charge is 0.0859 e. The van der Waals surface area contributed by atoms with Crippen LogP contribution in [0.4, 0.5) is 11.4 Å². The van der Waals surface area contributed by atoms with Gasteiger partial charge in [0, 0.05) is 38.3 Å². The second-order valence-electron chi connectivity index (χ2n) is 6.36. The van der Waals surface area contributed by atoms with Gasteiger partial charge in [-0.2, -0.15) is 0 Å². The number of nitrogens with one attached hydrogen (secondary N) is 1. The molecule has 2 aliphatic rings. The topological polar surface area (TPSA) is 27.6 Å². The van der Waals surface area contributed by atoms with E-state index in [2.05, 4.69) is 70.8 Å². The number of aliphatic imine (C=N–C) groups is 1. The molecule has 0 amide bonds.